The molecule has 0 bridgehead atoms. The third-order valence-electron chi connectivity index (χ3n) is 2.81. The van der Waals surface area contributed by atoms with E-state index in [2.05, 4.69) is 15.5 Å². The van der Waals surface area contributed by atoms with E-state index in [0.29, 0.717) is 16.7 Å². The van der Waals surface area contributed by atoms with Gasteiger partial charge in [0.2, 0.25) is 0 Å². The van der Waals surface area contributed by atoms with E-state index in [1.807, 2.05) is 13.8 Å². The predicted octanol–water partition coefficient (Wildman–Crippen LogP) is 3.50. The van der Waals surface area contributed by atoms with Gasteiger partial charge in [-0.25, -0.2) is 4.39 Å². The largest absolute Gasteiger partial charge is 0.338 e. The molecular weight excluding hydrogens is 267 g/mol. The molecule has 0 unspecified atom stereocenters. The molecule has 0 atom stereocenters. The smallest absolute Gasteiger partial charge is 0.156 e. The Morgan fingerprint density at radius 2 is 2.00 bits per heavy atom. The Morgan fingerprint density at radius 1 is 1.26 bits per heavy atom. The van der Waals surface area contributed by atoms with E-state index in [1.54, 1.807) is 6.07 Å². The fourth-order valence-corrected chi connectivity index (χ4v) is 1.70. The van der Waals surface area contributed by atoms with E-state index in [1.165, 1.54) is 18.2 Å². The lowest BCUT2D eigenvalue weighted by molar-refractivity contribution is 0.624. The molecule has 0 aliphatic heterocycles. The standard InChI is InChI=1S/C13H10ClFN4/c1-7-8(2)13(19-18-12(7)14)17-10-3-4-11(15)9(5-10)6-16/h3-5H,1-2H3,(H,17,19). The highest BCUT2D eigenvalue weighted by molar-refractivity contribution is 6.30. The van der Waals surface area contributed by atoms with Crippen molar-refractivity contribution in [1.29, 1.82) is 5.26 Å². The molecule has 96 valence electrons. The lowest BCUT2D eigenvalue weighted by atomic mass is 10.1. The number of benzene rings is 1. The summed E-state index contributed by atoms with van der Waals surface area (Å²) in [6.45, 7) is 3.69. The van der Waals surface area contributed by atoms with Gasteiger partial charge in [-0.05, 0) is 43.2 Å². The van der Waals surface area contributed by atoms with Crippen LogP contribution < -0.4 is 5.32 Å². The van der Waals surface area contributed by atoms with Crippen molar-refractivity contribution < 1.29 is 4.39 Å². The highest BCUT2D eigenvalue weighted by Crippen LogP contribution is 2.24. The Labute approximate surface area is 114 Å². The molecule has 0 radical (unpaired) electrons. The molecule has 0 spiro atoms. The van der Waals surface area contributed by atoms with Crippen LogP contribution in [0.5, 0.6) is 0 Å². The zero-order valence-electron chi connectivity index (χ0n) is 10.3. The van der Waals surface area contributed by atoms with E-state index in [9.17, 15) is 4.39 Å². The molecular formula is C13H10ClFN4. The van der Waals surface area contributed by atoms with Gasteiger partial charge >= 0.3 is 0 Å². The summed E-state index contributed by atoms with van der Waals surface area (Å²) in [7, 11) is 0. The summed E-state index contributed by atoms with van der Waals surface area (Å²) in [5.74, 6) is -0.0273. The summed E-state index contributed by atoms with van der Waals surface area (Å²) in [5.41, 5.74) is 2.21. The van der Waals surface area contributed by atoms with Gasteiger partial charge in [0.25, 0.3) is 0 Å². The van der Waals surface area contributed by atoms with Gasteiger partial charge in [-0.3, -0.25) is 0 Å². The number of nitrogens with one attached hydrogen (secondary N) is 1. The molecule has 1 heterocycles. The van der Waals surface area contributed by atoms with Crippen molar-refractivity contribution in [3.8, 4) is 6.07 Å². The van der Waals surface area contributed by atoms with Crippen molar-refractivity contribution in [2.75, 3.05) is 5.32 Å². The molecule has 0 aliphatic rings. The first-order chi connectivity index (χ1) is 9.02. The summed E-state index contributed by atoms with van der Waals surface area (Å²) < 4.78 is 13.2. The molecule has 0 saturated heterocycles. The minimum atomic E-state index is -0.553. The normalized spacial score (nSPS) is 10.1. The third kappa shape index (κ3) is 2.64. The average Bonchev–Trinajstić information content (AvgIpc) is 2.41. The molecule has 4 nitrogen and oxygen atoms in total. The van der Waals surface area contributed by atoms with Crippen molar-refractivity contribution in [3.05, 3.63) is 45.9 Å². The quantitative estimate of drug-likeness (QED) is 0.912. The molecule has 0 fully saturated rings. The highest BCUT2D eigenvalue weighted by atomic mass is 35.5. The molecule has 1 N–H and O–H groups in total. The van der Waals surface area contributed by atoms with Crippen LogP contribution in [0.3, 0.4) is 0 Å². The maximum Gasteiger partial charge on any atom is 0.156 e. The number of hydrogen-bond donors (Lipinski definition) is 1. The monoisotopic (exact) mass is 276 g/mol. The number of anilines is 2. The Kier molecular flexibility index (Phi) is 3.63. The minimum Gasteiger partial charge on any atom is -0.338 e. The third-order valence-corrected chi connectivity index (χ3v) is 3.17. The van der Waals surface area contributed by atoms with Crippen LogP contribution in [0.1, 0.15) is 16.7 Å². The minimum absolute atomic E-state index is 0.0266. The lowest BCUT2D eigenvalue weighted by Gasteiger charge is -2.10. The van der Waals surface area contributed by atoms with Crippen LogP contribution >= 0.6 is 11.6 Å². The summed E-state index contributed by atoms with van der Waals surface area (Å²) >= 11 is 5.86. The lowest BCUT2D eigenvalue weighted by Crippen LogP contribution is -2.01. The van der Waals surface area contributed by atoms with Crippen molar-refractivity contribution >= 4 is 23.1 Å². The first-order valence-electron chi connectivity index (χ1n) is 5.49. The summed E-state index contributed by atoms with van der Waals surface area (Å²) in [5, 5.41) is 19.9. The van der Waals surface area contributed by atoms with E-state index in [0.717, 1.165) is 11.1 Å². The van der Waals surface area contributed by atoms with Gasteiger partial charge in [0.15, 0.2) is 11.0 Å². The maximum atomic E-state index is 13.2. The number of halogens is 2. The number of rotatable bonds is 2. The fourth-order valence-electron chi connectivity index (χ4n) is 1.52. The predicted molar refractivity (Wildman–Crippen MR) is 70.9 cm³/mol. The molecule has 0 saturated carbocycles. The van der Waals surface area contributed by atoms with Crippen LogP contribution in [0.4, 0.5) is 15.9 Å². The van der Waals surface area contributed by atoms with Crippen LogP contribution in [0.2, 0.25) is 5.15 Å². The van der Waals surface area contributed by atoms with E-state index in [-0.39, 0.29) is 5.56 Å². The second-order valence-corrected chi connectivity index (χ2v) is 4.38. The van der Waals surface area contributed by atoms with Crippen molar-refractivity contribution in [2.45, 2.75) is 13.8 Å². The summed E-state index contributed by atoms with van der Waals surface area (Å²) in [4.78, 5) is 0. The van der Waals surface area contributed by atoms with Crippen molar-refractivity contribution in [1.82, 2.24) is 10.2 Å². The average molecular weight is 277 g/mol. The Balaban J connectivity index is 2.37. The molecule has 2 aromatic rings. The highest BCUT2D eigenvalue weighted by Gasteiger charge is 2.09. The van der Waals surface area contributed by atoms with Gasteiger partial charge in [-0.15, -0.1) is 10.2 Å². The topological polar surface area (TPSA) is 61.6 Å². The SMILES string of the molecule is Cc1c(Cl)nnc(Nc2ccc(F)c(C#N)c2)c1C. The van der Waals surface area contributed by atoms with E-state index >= 15 is 0 Å². The van der Waals surface area contributed by atoms with Gasteiger partial charge in [-0.2, -0.15) is 5.26 Å². The van der Waals surface area contributed by atoms with E-state index < -0.39 is 5.82 Å². The van der Waals surface area contributed by atoms with Crippen LogP contribution in [0.15, 0.2) is 18.2 Å². The van der Waals surface area contributed by atoms with E-state index in [4.69, 9.17) is 16.9 Å². The van der Waals surface area contributed by atoms with Gasteiger partial charge < -0.3 is 5.32 Å². The van der Waals surface area contributed by atoms with Crippen molar-refractivity contribution in [2.24, 2.45) is 0 Å². The molecule has 0 aliphatic carbocycles. The Bertz CT molecular complexity index is 679. The van der Waals surface area contributed by atoms with Gasteiger partial charge in [0.05, 0.1) is 5.56 Å². The zero-order chi connectivity index (χ0) is 14.0. The number of aromatic nitrogens is 2. The fraction of sp³-hybridized carbons (Fsp3) is 0.154. The second kappa shape index (κ2) is 5.21. The number of hydrogen-bond acceptors (Lipinski definition) is 4. The van der Waals surface area contributed by atoms with Crippen LogP contribution in [-0.4, -0.2) is 10.2 Å². The van der Waals surface area contributed by atoms with Crippen LogP contribution in [-0.2, 0) is 0 Å². The summed E-state index contributed by atoms with van der Waals surface area (Å²) in [6.07, 6.45) is 0. The molecule has 1 aromatic heterocycles. The van der Waals surface area contributed by atoms with Crippen LogP contribution in [0.25, 0.3) is 0 Å². The number of nitrogens with zero attached hydrogens (tertiary/aromatic N) is 3. The van der Waals surface area contributed by atoms with Gasteiger partial charge in [0, 0.05) is 5.69 Å². The first-order valence-corrected chi connectivity index (χ1v) is 5.86. The number of nitriles is 1. The Hall–Kier alpha value is -2.19. The Morgan fingerprint density at radius 3 is 2.68 bits per heavy atom. The molecule has 1 aromatic carbocycles. The molecule has 6 heteroatoms. The molecule has 19 heavy (non-hydrogen) atoms. The van der Waals surface area contributed by atoms with Gasteiger partial charge in [-0.1, -0.05) is 11.6 Å². The van der Waals surface area contributed by atoms with Crippen molar-refractivity contribution in [3.63, 3.8) is 0 Å². The zero-order valence-corrected chi connectivity index (χ0v) is 11.1. The first kappa shape index (κ1) is 13.2. The maximum absolute atomic E-state index is 13.2. The summed E-state index contributed by atoms with van der Waals surface area (Å²) in [6, 6.07) is 5.96. The van der Waals surface area contributed by atoms with Gasteiger partial charge in [0.1, 0.15) is 11.9 Å². The second-order valence-electron chi connectivity index (χ2n) is 4.02. The van der Waals surface area contributed by atoms with Crippen LogP contribution in [0, 0.1) is 31.0 Å². The molecule has 0 amide bonds. The molecule has 2 rings (SSSR count).